The third kappa shape index (κ3) is 4.31. The minimum Gasteiger partial charge on any atom is -0.342 e. The SMILES string of the molecule is CCCCN(CCBr)C(=O)Cc1cccc2ccccc12. The summed E-state index contributed by atoms with van der Waals surface area (Å²) in [5, 5.41) is 3.21. The van der Waals surface area contributed by atoms with Crippen molar-refractivity contribution in [3.63, 3.8) is 0 Å². The van der Waals surface area contributed by atoms with Crippen molar-refractivity contribution < 1.29 is 4.79 Å². The summed E-state index contributed by atoms with van der Waals surface area (Å²) in [5.74, 6) is 0.222. The number of nitrogens with zero attached hydrogens (tertiary/aromatic N) is 1. The van der Waals surface area contributed by atoms with E-state index in [2.05, 4.69) is 47.1 Å². The second kappa shape index (κ2) is 8.18. The Morgan fingerprint density at radius 2 is 1.86 bits per heavy atom. The molecule has 112 valence electrons. The van der Waals surface area contributed by atoms with Crippen LogP contribution >= 0.6 is 15.9 Å². The summed E-state index contributed by atoms with van der Waals surface area (Å²) < 4.78 is 0. The van der Waals surface area contributed by atoms with E-state index < -0.39 is 0 Å². The number of hydrogen-bond acceptors (Lipinski definition) is 1. The van der Waals surface area contributed by atoms with Gasteiger partial charge < -0.3 is 4.90 Å². The van der Waals surface area contributed by atoms with Crippen molar-refractivity contribution in [2.75, 3.05) is 18.4 Å². The Labute approximate surface area is 135 Å². The number of hydrogen-bond donors (Lipinski definition) is 0. The summed E-state index contributed by atoms with van der Waals surface area (Å²) in [4.78, 5) is 14.5. The molecule has 1 amide bonds. The van der Waals surface area contributed by atoms with Gasteiger partial charge in [0, 0.05) is 18.4 Å². The zero-order valence-corrected chi connectivity index (χ0v) is 14.1. The topological polar surface area (TPSA) is 20.3 Å². The van der Waals surface area contributed by atoms with Crippen LogP contribution in [-0.2, 0) is 11.2 Å². The van der Waals surface area contributed by atoms with Gasteiger partial charge in [0.2, 0.25) is 5.91 Å². The van der Waals surface area contributed by atoms with Crippen molar-refractivity contribution in [1.29, 1.82) is 0 Å². The van der Waals surface area contributed by atoms with Crippen molar-refractivity contribution in [1.82, 2.24) is 4.90 Å². The fourth-order valence-corrected chi connectivity index (χ4v) is 2.96. The van der Waals surface area contributed by atoms with Crippen LogP contribution in [0.1, 0.15) is 25.3 Å². The third-order valence-electron chi connectivity index (χ3n) is 3.71. The Balaban J connectivity index is 2.16. The predicted octanol–water partition coefficient (Wildman–Crippen LogP) is 4.41. The van der Waals surface area contributed by atoms with Crippen LogP contribution < -0.4 is 0 Å². The Morgan fingerprint density at radius 1 is 1.10 bits per heavy atom. The highest BCUT2D eigenvalue weighted by molar-refractivity contribution is 9.09. The van der Waals surface area contributed by atoms with Crippen LogP contribution in [0, 0.1) is 0 Å². The van der Waals surface area contributed by atoms with E-state index in [-0.39, 0.29) is 5.91 Å². The van der Waals surface area contributed by atoms with Crippen LogP contribution in [-0.4, -0.2) is 29.2 Å². The van der Waals surface area contributed by atoms with Crippen LogP contribution in [0.25, 0.3) is 10.8 Å². The first-order valence-electron chi connectivity index (χ1n) is 7.56. The number of rotatable bonds is 7. The number of carbonyl (C=O) groups excluding carboxylic acids is 1. The number of amides is 1. The Hall–Kier alpha value is -1.35. The third-order valence-corrected chi connectivity index (χ3v) is 4.06. The van der Waals surface area contributed by atoms with Gasteiger partial charge in [-0.05, 0) is 22.8 Å². The van der Waals surface area contributed by atoms with E-state index in [1.807, 2.05) is 23.1 Å². The molecule has 0 aromatic heterocycles. The van der Waals surface area contributed by atoms with Gasteiger partial charge in [-0.15, -0.1) is 0 Å². The average molecular weight is 348 g/mol. The van der Waals surface area contributed by atoms with Gasteiger partial charge in [0.25, 0.3) is 0 Å². The number of carbonyl (C=O) groups is 1. The highest BCUT2D eigenvalue weighted by Crippen LogP contribution is 2.19. The minimum absolute atomic E-state index is 0.222. The van der Waals surface area contributed by atoms with Gasteiger partial charge in [-0.3, -0.25) is 4.79 Å². The van der Waals surface area contributed by atoms with Gasteiger partial charge in [0.15, 0.2) is 0 Å². The molecular weight excluding hydrogens is 326 g/mol. The Kier molecular flexibility index (Phi) is 6.24. The second-order valence-corrected chi connectivity index (χ2v) is 6.03. The lowest BCUT2D eigenvalue weighted by molar-refractivity contribution is -0.130. The van der Waals surface area contributed by atoms with Crippen LogP contribution in [0.3, 0.4) is 0 Å². The van der Waals surface area contributed by atoms with Gasteiger partial charge in [0.05, 0.1) is 6.42 Å². The number of unbranched alkanes of at least 4 members (excludes halogenated alkanes) is 1. The molecule has 0 fully saturated rings. The molecule has 0 aliphatic rings. The van der Waals surface area contributed by atoms with Crippen molar-refractivity contribution in [2.24, 2.45) is 0 Å². The lowest BCUT2D eigenvalue weighted by Crippen LogP contribution is -2.34. The maximum atomic E-state index is 12.6. The number of benzene rings is 2. The molecule has 0 radical (unpaired) electrons. The fraction of sp³-hybridized carbons (Fsp3) is 0.389. The highest BCUT2D eigenvalue weighted by atomic mass is 79.9. The molecule has 21 heavy (non-hydrogen) atoms. The summed E-state index contributed by atoms with van der Waals surface area (Å²) in [6, 6.07) is 14.4. The number of halogens is 1. The van der Waals surface area contributed by atoms with Gasteiger partial charge >= 0.3 is 0 Å². The maximum Gasteiger partial charge on any atom is 0.227 e. The maximum absolute atomic E-state index is 12.6. The summed E-state index contributed by atoms with van der Waals surface area (Å²) in [6.45, 7) is 3.79. The molecule has 0 spiro atoms. The molecule has 2 nitrogen and oxygen atoms in total. The zero-order valence-electron chi connectivity index (χ0n) is 12.5. The molecular formula is C18H22BrNO. The van der Waals surface area contributed by atoms with E-state index in [4.69, 9.17) is 0 Å². The standard InChI is InChI=1S/C18H22BrNO/c1-2-3-12-20(13-11-19)18(21)14-16-9-6-8-15-7-4-5-10-17(15)16/h4-10H,2-3,11-14H2,1H3. The van der Waals surface area contributed by atoms with Crippen molar-refractivity contribution >= 4 is 32.6 Å². The quantitative estimate of drug-likeness (QED) is 0.679. The fourth-order valence-electron chi connectivity index (χ4n) is 2.53. The summed E-state index contributed by atoms with van der Waals surface area (Å²) in [7, 11) is 0. The van der Waals surface area contributed by atoms with Gasteiger partial charge in [-0.25, -0.2) is 0 Å². The predicted molar refractivity (Wildman–Crippen MR) is 92.9 cm³/mol. The average Bonchev–Trinajstić information content (AvgIpc) is 2.51. The zero-order chi connectivity index (χ0) is 15.1. The first-order valence-corrected chi connectivity index (χ1v) is 8.68. The van der Waals surface area contributed by atoms with E-state index in [0.29, 0.717) is 6.42 Å². The molecule has 0 saturated heterocycles. The lowest BCUT2D eigenvalue weighted by atomic mass is 10.0. The molecule has 0 unspecified atom stereocenters. The van der Waals surface area contributed by atoms with E-state index >= 15 is 0 Å². The van der Waals surface area contributed by atoms with Crippen molar-refractivity contribution in [2.45, 2.75) is 26.2 Å². The van der Waals surface area contributed by atoms with Crippen molar-refractivity contribution in [3.8, 4) is 0 Å². The lowest BCUT2D eigenvalue weighted by Gasteiger charge is -2.22. The Morgan fingerprint density at radius 3 is 2.62 bits per heavy atom. The summed E-state index contributed by atoms with van der Waals surface area (Å²) >= 11 is 3.44. The number of fused-ring (bicyclic) bond motifs is 1. The van der Waals surface area contributed by atoms with Gasteiger partial charge in [-0.1, -0.05) is 71.7 Å². The molecule has 0 N–H and O–H groups in total. The molecule has 2 aromatic rings. The van der Waals surface area contributed by atoms with Crippen LogP contribution in [0.4, 0.5) is 0 Å². The summed E-state index contributed by atoms with van der Waals surface area (Å²) in [6.07, 6.45) is 2.66. The molecule has 0 bridgehead atoms. The van der Waals surface area contributed by atoms with E-state index in [1.165, 1.54) is 10.8 Å². The molecule has 3 heteroatoms. The van der Waals surface area contributed by atoms with Crippen LogP contribution in [0.15, 0.2) is 42.5 Å². The smallest absolute Gasteiger partial charge is 0.227 e. The van der Waals surface area contributed by atoms with Crippen molar-refractivity contribution in [3.05, 3.63) is 48.0 Å². The molecule has 0 atom stereocenters. The molecule has 2 aromatic carbocycles. The first kappa shape index (κ1) is 16.0. The second-order valence-electron chi connectivity index (χ2n) is 5.24. The number of alkyl halides is 1. The molecule has 0 heterocycles. The van der Waals surface area contributed by atoms with Crippen LogP contribution in [0.5, 0.6) is 0 Å². The molecule has 2 rings (SSSR count). The van der Waals surface area contributed by atoms with E-state index in [0.717, 1.165) is 36.8 Å². The molecule has 0 saturated carbocycles. The highest BCUT2D eigenvalue weighted by Gasteiger charge is 2.14. The monoisotopic (exact) mass is 347 g/mol. The summed E-state index contributed by atoms with van der Waals surface area (Å²) in [5.41, 5.74) is 1.12. The van der Waals surface area contributed by atoms with E-state index in [9.17, 15) is 4.79 Å². The minimum atomic E-state index is 0.222. The largest absolute Gasteiger partial charge is 0.342 e. The first-order chi connectivity index (χ1) is 10.3. The molecule has 0 aliphatic heterocycles. The Bertz CT molecular complexity index is 591. The normalized spacial score (nSPS) is 10.8. The molecule has 0 aliphatic carbocycles. The van der Waals surface area contributed by atoms with Gasteiger partial charge in [0.1, 0.15) is 0 Å². The van der Waals surface area contributed by atoms with Crippen LogP contribution in [0.2, 0.25) is 0 Å². The van der Waals surface area contributed by atoms with Gasteiger partial charge in [-0.2, -0.15) is 0 Å². The van der Waals surface area contributed by atoms with E-state index in [1.54, 1.807) is 0 Å².